The maximum Gasteiger partial charge on any atom is 0.449 e. The zero-order valence-corrected chi connectivity index (χ0v) is 19.2. The topological polar surface area (TPSA) is 77.0 Å². The van der Waals surface area contributed by atoms with Crippen molar-refractivity contribution in [1.29, 1.82) is 0 Å². The van der Waals surface area contributed by atoms with E-state index >= 15 is 0 Å². The minimum absolute atomic E-state index is 0.240. The van der Waals surface area contributed by atoms with Gasteiger partial charge in [0.1, 0.15) is 5.82 Å². The Balaban J connectivity index is 1.61. The number of halogens is 9. The fourth-order valence-corrected chi connectivity index (χ4v) is 4.27. The Morgan fingerprint density at radius 1 is 1.00 bits per heavy atom. The summed E-state index contributed by atoms with van der Waals surface area (Å²) in [5, 5.41) is 0. The van der Waals surface area contributed by atoms with Crippen LogP contribution in [0, 0.1) is 17.5 Å². The maximum absolute atomic E-state index is 13.9. The Kier molecular flexibility index (Phi) is 7.16. The van der Waals surface area contributed by atoms with E-state index < -0.39 is 83.9 Å². The number of nitrogens with two attached hydrogens (primary N) is 1. The number of imidazole rings is 1. The summed E-state index contributed by atoms with van der Waals surface area (Å²) >= 11 is 0. The predicted molar refractivity (Wildman–Crippen MR) is 113 cm³/mol. The van der Waals surface area contributed by atoms with E-state index in [-0.39, 0.29) is 24.2 Å². The molecule has 2 aromatic heterocycles. The van der Waals surface area contributed by atoms with Gasteiger partial charge in [0.05, 0.1) is 23.5 Å². The first kappa shape index (κ1) is 27.4. The number of aromatic nitrogens is 3. The molecule has 38 heavy (non-hydrogen) atoms. The molecule has 1 amide bonds. The van der Waals surface area contributed by atoms with Gasteiger partial charge in [-0.05, 0) is 24.1 Å². The average Bonchev–Trinajstić information content (AvgIpc) is 3.21. The Morgan fingerprint density at radius 3 is 2.34 bits per heavy atom. The number of pyridine rings is 1. The summed E-state index contributed by atoms with van der Waals surface area (Å²) in [6, 6.07) is 0.467. The van der Waals surface area contributed by atoms with Crippen molar-refractivity contribution in [2.24, 2.45) is 5.73 Å². The molecule has 2 N–H and O–H groups in total. The largest absolute Gasteiger partial charge is 0.449 e. The third kappa shape index (κ3) is 5.47. The number of fused-ring (bicyclic) bond motifs is 1. The van der Waals surface area contributed by atoms with Gasteiger partial charge >= 0.3 is 12.4 Å². The van der Waals surface area contributed by atoms with Crippen LogP contribution in [0.3, 0.4) is 0 Å². The third-order valence-corrected chi connectivity index (χ3v) is 6.00. The summed E-state index contributed by atoms with van der Waals surface area (Å²) in [6.07, 6.45) is -9.12. The van der Waals surface area contributed by atoms with Crippen LogP contribution in [0.2, 0.25) is 0 Å². The molecule has 0 saturated heterocycles. The zero-order chi connectivity index (χ0) is 28.0. The Morgan fingerprint density at radius 2 is 1.68 bits per heavy atom. The van der Waals surface area contributed by atoms with Crippen LogP contribution in [0.1, 0.15) is 29.1 Å². The monoisotopic (exact) mass is 551 g/mol. The predicted octanol–water partition coefficient (Wildman–Crippen LogP) is 4.70. The van der Waals surface area contributed by atoms with Crippen molar-refractivity contribution in [3.63, 3.8) is 0 Å². The second-order valence-corrected chi connectivity index (χ2v) is 8.64. The van der Waals surface area contributed by atoms with Crippen molar-refractivity contribution in [1.82, 2.24) is 19.4 Å². The van der Waals surface area contributed by atoms with Gasteiger partial charge < -0.3 is 15.2 Å². The fourth-order valence-electron chi connectivity index (χ4n) is 4.27. The summed E-state index contributed by atoms with van der Waals surface area (Å²) in [6.45, 7) is -1.18. The normalized spacial score (nSPS) is 14.9. The van der Waals surface area contributed by atoms with Crippen LogP contribution in [-0.4, -0.2) is 37.9 Å². The molecule has 6 nitrogen and oxygen atoms in total. The molecule has 1 aromatic carbocycles. The molecular weight excluding hydrogens is 533 g/mol. The smallest absolute Gasteiger partial charge is 0.335 e. The standard InChI is InChI=1S/C23H18F9N5O/c24-15-8-17(26)16(25)6-11(15)5-12(33)7-19(38)36-3-4-37-18(10-36)20(35-21(37)23(30,31)32)13-9-34-2-1-14(13)22(27,28)29/h1-2,6,8-9,12H,3-5,7,10,33H2/t12-/m1/s1. The van der Waals surface area contributed by atoms with E-state index in [0.717, 1.165) is 17.3 Å². The highest BCUT2D eigenvalue weighted by Crippen LogP contribution is 2.41. The fraction of sp³-hybridized carbons (Fsp3) is 0.348. The summed E-state index contributed by atoms with van der Waals surface area (Å²) in [7, 11) is 0. The van der Waals surface area contributed by atoms with E-state index in [2.05, 4.69) is 9.97 Å². The molecule has 0 saturated carbocycles. The number of hydrogen-bond acceptors (Lipinski definition) is 4. The lowest BCUT2D eigenvalue weighted by molar-refractivity contribution is -0.148. The van der Waals surface area contributed by atoms with Gasteiger partial charge in [-0.3, -0.25) is 9.78 Å². The molecule has 0 aliphatic carbocycles. The molecule has 1 atom stereocenters. The molecule has 0 bridgehead atoms. The van der Waals surface area contributed by atoms with Gasteiger partial charge in [0.25, 0.3) is 0 Å². The zero-order valence-electron chi connectivity index (χ0n) is 19.2. The second-order valence-electron chi connectivity index (χ2n) is 8.64. The van der Waals surface area contributed by atoms with Crippen LogP contribution in [0.25, 0.3) is 11.3 Å². The highest BCUT2D eigenvalue weighted by atomic mass is 19.4. The molecule has 0 unspecified atom stereocenters. The van der Waals surface area contributed by atoms with Crippen molar-refractivity contribution in [2.45, 2.75) is 44.3 Å². The quantitative estimate of drug-likeness (QED) is 0.369. The lowest BCUT2D eigenvalue weighted by atomic mass is 10.0. The Bertz CT molecular complexity index is 1370. The minimum atomic E-state index is -4.99. The molecule has 1 aliphatic rings. The van der Waals surface area contributed by atoms with E-state index in [1.54, 1.807) is 0 Å². The summed E-state index contributed by atoms with van der Waals surface area (Å²) < 4.78 is 123. The summed E-state index contributed by atoms with van der Waals surface area (Å²) in [4.78, 5) is 21.0. The molecule has 4 rings (SSSR count). The van der Waals surface area contributed by atoms with Gasteiger partial charge in [-0.2, -0.15) is 26.3 Å². The highest BCUT2D eigenvalue weighted by molar-refractivity contribution is 5.77. The molecule has 3 heterocycles. The molecule has 15 heteroatoms. The summed E-state index contributed by atoms with van der Waals surface area (Å²) in [5.74, 6) is -5.90. The second kappa shape index (κ2) is 9.93. The number of carbonyl (C=O) groups is 1. The molecule has 204 valence electrons. The number of benzene rings is 1. The van der Waals surface area contributed by atoms with Crippen molar-refractivity contribution in [3.05, 3.63) is 70.7 Å². The van der Waals surface area contributed by atoms with E-state index in [1.807, 2.05) is 0 Å². The van der Waals surface area contributed by atoms with Crippen molar-refractivity contribution >= 4 is 5.91 Å². The number of amides is 1. The molecular formula is C23H18F9N5O. The first-order chi connectivity index (χ1) is 17.7. The number of alkyl halides is 6. The Labute approximate surface area is 208 Å². The van der Waals surface area contributed by atoms with Gasteiger partial charge in [-0.15, -0.1) is 0 Å². The van der Waals surface area contributed by atoms with Gasteiger partial charge in [0.15, 0.2) is 11.6 Å². The summed E-state index contributed by atoms with van der Waals surface area (Å²) in [5.41, 5.74) is 2.77. The maximum atomic E-state index is 13.9. The highest BCUT2D eigenvalue weighted by Gasteiger charge is 2.42. The average molecular weight is 551 g/mol. The van der Waals surface area contributed by atoms with E-state index in [9.17, 15) is 44.3 Å². The van der Waals surface area contributed by atoms with E-state index in [4.69, 9.17) is 5.73 Å². The van der Waals surface area contributed by atoms with Gasteiger partial charge in [-0.25, -0.2) is 18.2 Å². The van der Waals surface area contributed by atoms with Crippen LogP contribution >= 0.6 is 0 Å². The molecule has 0 spiro atoms. The third-order valence-electron chi connectivity index (χ3n) is 6.00. The number of hydrogen-bond donors (Lipinski definition) is 1. The van der Waals surface area contributed by atoms with Crippen LogP contribution < -0.4 is 5.73 Å². The number of nitrogens with zero attached hydrogens (tertiary/aromatic N) is 4. The van der Waals surface area contributed by atoms with Gasteiger partial charge in [0.2, 0.25) is 11.7 Å². The van der Waals surface area contributed by atoms with Crippen molar-refractivity contribution in [2.75, 3.05) is 6.54 Å². The van der Waals surface area contributed by atoms with E-state index in [1.165, 1.54) is 0 Å². The lowest BCUT2D eigenvalue weighted by Crippen LogP contribution is -2.42. The van der Waals surface area contributed by atoms with Crippen LogP contribution in [0.5, 0.6) is 0 Å². The van der Waals surface area contributed by atoms with E-state index in [0.29, 0.717) is 22.8 Å². The van der Waals surface area contributed by atoms with Crippen LogP contribution in [0.4, 0.5) is 39.5 Å². The number of carbonyl (C=O) groups excluding carboxylic acids is 1. The SMILES string of the molecule is N[C@@H](CC(=O)N1CCn2c(C(F)(F)F)nc(-c3cnccc3C(F)(F)F)c2C1)Cc1cc(F)c(F)cc1F. The first-order valence-corrected chi connectivity index (χ1v) is 11.0. The number of rotatable bonds is 5. The lowest BCUT2D eigenvalue weighted by Gasteiger charge is -2.30. The molecule has 3 aromatic rings. The Hall–Kier alpha value is -3.62. The van der Waals surface area contributed by atoms with Gasteiger partial charge in [-0.1, -0.05) is 0 Å². The van der Waals surface area contributed by atoms with Crippen LogP contribution in [-0.2, 0) is 36.7 Å². The minimum Gasteiger partial charge on any atom is -0.335 e. The molecule has 0 radical (unpaired) electrons. The van der Waals surface area contributed by atoms with Crippen molar-refractivity contribution in [3.8, 4) is 11.3 Å². The first-order valence-electron chi connectivity index (χ1n) is 11.0. The molecule has 0 fully saturated rings. The van der Waals surface area contributed by atoms with Crippen LogP contribution in [0.15, 0.2) is 30.6 Å². The molecule has 1 aliphatic heterocycles. The van der Waals surface area contributed by atoms with Crippen molar-refractivity contribution < 1.29 is 44.3 Å². The van der Waals surface area contributed by atoms with Gasteiger partial charge in [0, 0.05) is 49.6 Å².